The van der Waals surface area contributed by atoms with E-state index < -0.39 is 0 Å². The Balaban J connectivity index is 1.57. The van der Waals surface area contributed by atoms with E-state index in [1.54, 1.807) is 21.3 Å². The number of hydrogen-bond donors (Lipinski definition) is 0. The fourth-order valence-corrected chi connectivity index (χ4v) is 4.34. The number of fused-ring (bicyclic) bond motifs is 1. The molecule has 2 heterocycles. The van der Waals surface area contributed by atoms with Gasteiger partial charge in [-0.3, -0.25) is 4.79 Å². The molecule has 0 N–H and O–H groups in total. The van der Waals surface area contributed by atoms with Crippen LogP contribution in [0.5, 0.6) is 23.0 Å². The smallest absolute Gasteiger partial charge is 0.229 e. The Bertz CT molecular complexity index is 897. The van der Waals surface area contributed by atoms with Crippen molar-refractivity contribution in [3.05, 3.63) is 47.5 Å². The van der Waals surface area contributed by atoms with Crippen LogP contribution in [0.3, 0.4) is 0 Å². The van der Waals surface area contributed by atoms with Crippen molar-refractivity contribution in [2.24, 2.45) is 5.92 Å². The second-order valence-electron chi connectivity index (χ2n) is 7.48. The van der Waals surface area contributed by atoms with Gasteiger partial charge in [0.25, 0.3) is 0 Å². The number of likely N-dealkylation sites (tertiary alicyclic amines) is 1. The van der Waals surface area contributed by atoms with Gasteiger partial charge in [-0.15, -0.1) is 0 Å². The van der Waals surface area contributed by atoms with Crippen LogP contribution in [0, 0.1) is 5.92 Å². The molecule has 154 valence electrons. The molecule has 0 aliphatic carbocycles. The number of rotatable bonds is 5. The maximum atomic E-state index is 13.4. The van der Waals surface area contributed by atoms with Gasteiger partial charge in [0, 0.05) is 12.1 Å². The Labute approximate surface area is 171 Å². The third-order valence-corrected chi connectivity index (χ3v) is 5.85. The molecule has 0 spiro atoms. The van der Waals surface area contributed by atoms with E-state index in [1.807, 2.05) is 41.3 Å². The molecule has 2 aromatic carbocycles. The highest BCUT2D eigenvalue weighted by molar-refractivity contribution is 5.81. The van der Waals surface area contributed by atoms with Crippen molar-refractivity contribution >= 4 is 5.91 Å². The average molecular weight is 397 g/mol. The first-order valence-electron chi connectivity index (χ1n) is 9.96. The Morgan fingerprint density at radius 1 is 1.03 bits per heavy atom. The van der Waals surface area contributed by atoms with Crippen molar-refractivity contribution in [1.82, 2.24) is 4.90 Å². The summed E-state index contributed by atoms with van der Waals surface area (Å²) in [4.78, 5) is 15.4. The number of hydrogen-bond acceptors (Lipinski definition) is 5. The summed E-state index contributed by atoms with van der Waals surface area (Å²) < 4.78 is 22.2. The lowest BCUT2D eigenvalue weighted by atomic mass is 9.94. The van der Waals surface area contributed by atoms with E-state index in [0.717, 1.165) is 53.5 Å². The minimum Gasteiger partial charge on any atom is -0.497 e. The highest BCUT2D eigenvalue weighted by Crippen LogP contribution is 2.40. The largest absolute Gasteiger partial charge is 0.497 e. The Morgan fingerprint density at radius 2 is 1.79 bits per heavy atom. The minimum absolute atomic E-state index is 0.0146. The van der Waals surface area contributed by atoms with E-state index in [1.165, 1.54) is 0 Å². The number of benzene rings is 2. The van der Waals surface area contributed by atoms with Crippen LogP contribution in [0.25, 0.3) is 0 Å². The van der Waals surface area contributed by atoms with Crippen LogP contribution < -0.4 is 18.9 Å². The Morgan fingerprint density at radius 3 is 2.55 bits per heavy atom. The Hall–Kier alpha value is -2.89. The molecule has 4 rings (SSSR count). The quantitative estimate of drug-likeness (QED) is 0.771. The zero-order valence-electron chi connectivity index (χ0n) is 17.1. The zero-order chi connectivity index (χ0) is 20.4. The molecule has 1 saturated heterocycles. The van der Waals surface area contributed by atoms with Crippen LogP contribution in [0.15, 0.2) is 36.4 Å². The standard InChI is InChI=1S/C23H27NO5/c1-26-17-6-8-21-15(12-17)11-16(14-29-21)23(25)24-10-4-5-20(24)19-13-18(27-2)7-9-22(19)28-3/h6-9,12-13,16,20H,4-5,10-11,14H2,1-3H3/t16-,20-/m1/s1. The molecule has 2 atom stereocenters. The first-order chi connectivity index (χ1) is 14.1. The van der Waals surface area contributed by atoms with Gasteiger partial charge in [-0.2, -0.15) is 0 Å². The van der Waals surface area contributed by atoms with Crippen molar-refractivity contribution in [3.63, 3.8) is 0 Å². The van der Waals surface area contributed by atoms with Crippen molar-refractivity contribution in [3.8, 4) is 23.0 Å². The maximum Gasteiger partial charge on any atom is 0.229 e. The molecular formula is C23H27NO5. The molecule has 1 fully saturated rings. The minimum atomic E-state index is -0.202. The summed E-state index contributed by atoms with van der Waals surface area (Å²) >= 11 is 0. The molecule has 2 aliphatic rings. The third-order valence-electron chi connectivity index (χ3n) is 5.85. The van der Waals surface area contributed by atoms with E-state index in [2.05, 4.69) is 0 Å². The molecule has 6 nitrogen and oxygen atoms in total. The second-order valence-corrected chi connectivity index (χ2v) is 7.48. The van der Waals surface area contributed by atoms with E-state index in [4.69, 9.17) is 18.9 Å². The van der Waals surface area contributed by atoms with Crippen LogP contribution in [0.4, 0.5) is 0 Å². The summed E-state index contributed by atoms with van der Waals surface area (Å²) in [5.74, 6) is 3.09. The molecule has 0 saturated carbocycles. The van der Waals surface area contributed by atoms with E-state index >= 15 is 0 Å². The summed E-state index contributed by atoms with van der Waals surface area (Å²) in [5.41, 5.74) is 2.01. The van der Waals surface area contributed by atoms with E-state index in [9.17, 15) is 4.79 Å². The Kier molecular flexibility index (Phi) is 5.51. The van der Waals surface area contributed by atoms with Crippen molar-refractivity contribution in [1.29, 1.82) is 0 Å². The third kappa shape index (κ3) is 3.71. The molecule has 6 heteroatoms. The average Bonchev–Trinajstić information content (AvgIpc) is 3.27. The molecule has 0 radical (unpaired) electrons. The van der Waals surface area contributed by atoms with Gasteiger partial charge >= 0.3 is 0 Å². The van der Waals surface area contributed by atoms with Crippen LogP contribution in [-0.2, 0) is 11.2 Å². The summed E-state index contributed by atoms with van der Waals surface area (Å²) in [6.45, 7) is 1.14. The highest BCUT2D eigenvalue weighted by atomic mass is 16.5. The van der Waals surface area contributed by atoms with Crippen LogP contribution >= 0.6 is 0 Å². The van der Waals surface area contributed by atoms with E-state index in [-0.39, 0.29) is 17.9 Å². The molecule has 2 aromatic rings. The number of methoxy groups -OCH3 is 3. The van der Waals surface area contributed by atoms with Gasteiger partial charge in [0.05, 0.1) is 33.3 Å². The summed E-state index contributed by atoms with van der Waals surface area (Å²) in [7, 11) is 4.95. The maximum absolute atomic E-state index is 13.4. The van der Waals surface area contributed by atoms with Gasteiger partial charge in [0.2, 0.25) is 5.91 Å². The molecule has 0 bridgehead atoms. The lowest BCUT2D eigenvalue weighted by Gasteiger charge is -2.32. The number of carbonyl (C=O) groups excluding carboxylic acids is 1. The lowest BCUT2D eigenvalue weighted by Crippen LogP contribution is -2.40. The SMILES string of the molecule is COc1ccc2c(c1)C[C@@H](C(=O)N1CCC[C@@H]1c1cc(OC)ccc1OC)CO2. The fraction of sp³-hybridized carbons (Fsp3) is 0.435. The van der Waals surface area contributed by atoms with Crippen LogP contribution in [0.1, 0.15) is 30.0 Å². The van der Waals surface area contributed by atoms with Crippen LogP contribution in [-0.4, -0.2) is 45.3 Å². The van der Waals surface area contributed by atoms with Gasteiger partial charge in [-0.1, -0.05) is 0 Å². The van der Waals surface area contributed by atoms with Gasteiger partial charge in [0.15, 0.2) is 0 Å². The zero-order valence-corrected chi connectivity index (χ0v) is 17.1. The molecule has 0 unspecified atom stereocenters. The van der Waals surface area contributed by atoms with Gasteiger partial charge in [0.1, 0.15) is 29.6 Å². The number of nitrogens with zero attached hydrogens (tertiary/aromatic N) is 1. The predicted octanol–water partition coefficient (Wildman–Crippen LogP) is 3.63. The highest BCUT2D eigenvalue weighted by Gasteiger charge is 2.37. The molecule has 29 heavy (non-hydrogen) atoms. The molecule has 1 amide bonds. The molecule has 2 aliphatic heterocycles. The van der Waals surface area contributed by atoms with Crippen molar-refractivity contribution < 1.29 is 23.7 Å². The van der Waals surface area contributed by atoms with Crippen LogP contribution in [0.2, 0.25) is 0 Å². The number of carbonyl (C=O) groups is 1. The first-order valence-corrected chi connectivity index (χ1v) is 9.96. The van der Waals surface area contributed by atoms with Crippen molar-refractivity contribution in [2.75, 3.05) is 34.5 Å². The lowest BCUT2D eigenvalue weighted by molar-refractivity contribution is -0.137. The van der Waals surface area contributed by atoms with Crippen molar-refractivity contribution in [2.45, 2.75) is 25.3 Å². The number of ether oxygens (including phenoxy) is 4. The predicted molar refractivity (Wildman–Crippen MR) is 109 cm³/mol. The normalized spacial score (nSPS) is 20.6. The first kappa shape index (κ1) is 19.4. The molecule has 0 aromatic heterocycles. The topological polar surface area (TPSA) is 57.2 Å². The fourth-order valence-electron chi connectivity index (χ4n) is 4.34. The summed E-state index contributed by atoms with van der Waals surface area (Å²) in [5, 5.41) is 0. The molecular weight excluding hydrogens is 370 g/mol. The number of amides is 1. The monoisotopic (exact) mass is 397 g/mol. The van der Waals surface area contributed by atoms with Gasteiger partial charge in [-0.05, 0) is 61.2 Å². The summed E-state index contributed by atoms with van der Waals surface area (Å²) in [6.07, 6.45) is 2.53. The van der Waals surface area contributed by atoms with Gasteiger partial charge < -0.3 is 23.8 Å². The van der Waals surface area contributed by atoms with E-state index in [0.29, 0.717) is 13.0 Å². The second kappa shape index (κ2) is 8.23. The summed E-state index contributed by atoms with van der Waals surface area (Å²) in [6, 6.07) is 11.5. The van der Waals surface area contributed by atoms with Gasteiger partial charge in [-0.25, -0.2) is 0 Å².